The highest BCUT2D eigenvalue weighted by molar-refractivity contribution is 5.97. The zero-order valence-electron chi connectivity index (χ0n) is 15.0. The van der Waals surface area contributed by atoms with E-state index in [-0.39, 0.29) is 29.5 Å². The van der Waals surface area contributed by atoms with Gasteiger partial charge in [-0.25, -0.2) is 0 Å². The van der Waals surface area contributed by atoms with Crippen LogP contribution in [0.15, 0.2) is 47.9 Å². The predicted molar refractivity (Wildman–Crippen MR) is 100 cm³/mol. The maximum Gasteiger partial charge on any atom is 0.277 e. The van der Waals surface area contributed by atoms with Crippen molar-refractivity contribution >= 4 is 11.6 Å². The molecule has 0 bridgehead atoms. The van der Waals surface area contributed by atoms with Crippen LogP contribution >= 0.6 is 0 Å². The lowest BCUT2D eigenvalue weighted by Crippen LogP contribution is -2.57. The molecule has 7 heteroatoms. The Hall–Kier alpha value is -3.06. The van der Waals surface area contributed by atoms with Gasteiger partial charge in [-0.2, -0.15) is 0 Å². The summed E-state index contributed by atoms with van der Waals surface area (Å²) in [5, 5.41) is 10.4. The summed E-state index contributed by atoms with van der Waals surface area (Å²) < 4.78 is 7.53. The number of carbonyl (C=O) groups is 1. The van der Waals surface area contributed by atoms with Crippen molar-refractivity contribution in [1.82, 2.24) is 9.47 Å². The van der Waals surface area contributed by atoms with Crippen LogP contribution in [0, 0.1) is 0 Å². The molecule has 7 nitrogen and oxygen atoms in total. The van der Waals surface area contributed by atoms with Crippen molar-refractivity contribution in [2.24, 2.45) is 5.73 Å². The first-order valence-corrected chi connectivity index (χ1v) is 8.74. The fourth-order valence-corrected chi connectivity index (χ4v) is 4.00. The molecule has 27 heavy (non-hydrogen) atoms. The molecule has 0 saturated carbocycles. The van der Waals surface area contributed by atoms with Gasteiger partial charge in [-0.05, 0) is 18.9 Å². The third-order valence-corrected chi connectivity index (χ3v) is 5.26. The molecule has 2 aromatic rings. The van der Waals surface area contributed by atoms with Gasteiger partial charge in [0, 0.05) is 11.9 Å². The van der Waals surface area contributed by atoms with Crippen molar-refractivity contribution < 1.29 is 14.6 Å². The fraction of sp³-hybridized carbons (Fsp3) is 0.300. The summed E-state index contributed by atoms with van der Waals surface area (Å²) in [6.07, 6.45) is 2.10. The van der Waals surface area contributed by atoms with Crippen LogP contribution in [0.5, 0.6) is 5.75 Å². The van der Waals surface area contributed by atoms with E-state index in [2.05, 4.69) is 6.58 Å². The molecule has 3 N–H and O–H groups in total. The Kier molecular flexibility index (Phi) is 3.85. The van der Waals surface area contributed by atoms with E-state index in [1.54, 1.807) is 4.90 Å². The van der Waals surface area contributed by atoms with Gasteiger partial charge in [-0.15, -0.1) is 0 Å². The number of amides is 1. The van der Waals surface area contributed by atoms with Gasteiger partial charge in [0.25, 0.3) is 5.91 Å². The standard InChI is InChI=1S/C20H21N3O4/c1-12(21)15-9-22-11-20(2)23(19(26)16(22)18(25)17(15)24)14(10-27-20)8-13-6-4-3-5-7-13/h3-7,9,14,25H,1,8,10-11,21H2,2H3/t14-,20+/m0/s1. The van der Waals surface area contributed by atoms with Crippen molar-refractivity contribution in [3.8, 4) is 5.75 Å². The number of benzene rings is 1. The lowest BCUT2D eigenvalue weighted by molar-refractivity contribution is -0.0755. The highest BCUT2D eigenvalue weighted by atomic mass is 16.5. The number of carbonyl (C=O) groups excluding carboxylic acids is 1. The average molecular weight is 367 g/mol. The third-order valence-electron chi connectivity index (χ3n) is 5.26. The van der Waals surface area contributed by atoms with Gasteiger partial charge < -0.3 is 25.0 Å². The lowest BCUT2D eigenvalue weighted by Gasteiger charge is -2.42. The SMILES string of the molecule is C=C(N)c1cn2c(c(O)c1=O)C(=O)N1[C@@H](Cc3ccccc3)CO[C@]1(C)C2. The quantitative estimate of drug-likeness (QED) is 0.852. The molecule has 3 heterocycles. The summed E-state index contributed by atoms with van der Waals surface area (Å²) in [6.45, 7) is 6.07. The molecule has 4 rings (SSSR count). The number of rotatable bonds is 3. The predicted octanol–water partition coefficient (Wildman–Crippen LogP) is 1.30. The van der Waals surface area contributed by atoms with Crippen LogP contribution in [-0.4, -0.2) is 38.9 Å². The topological polar surface area (TPSA) is 97.8 Å². The lowest BCUT2D eigenvalue weighted by atomic mass is 10.0. The molecule has 1 amide bonds. The summed E-state index contributed by atoms with van der Waals surface area (Å²) in [7, 11) is 0. The van der Waals surface area contributed by atoms with E-state index in [0.29, 0.717) is 13.0 Å². The van der Waals surface area contributed by atoms with Crippen LogP contribution in [0.3, 0.4) is 0 Å². The molecule has 1 saturated heterocycles. The Bertz CT molecular complexity index is 998. The van der Waals surface area contributed by atoms with Gasteiger partial charge in [0.2, 0.25) is 5.43 Å². The first kappa shape index (κ1) is 17.4. The van der Waals surface area contributed by atoms with Crippen LogP contribution in [-0.2, 0) is 17.7 Å². The van der Waals surface area contributed by atoms with Gasteiger partial charge >= 0.3 is 0 Å². The molecular formula is C20H21N3O4. The number of aromatic nitrogens is 1. The highest BCUT2D eigenvalue weighted by Gasteiger charge is 2.51. The number of hydrogen-bond donors (Lipinski definition) is 2. The zero-order chi connectivity index (χ0) is 19.3. The van der Waals surface area contributed by atoms with Gasteiger partial charge in [0.05, 0.1) is 24.8 Å². The number of aromatic hydroxyl groups is 1. The summed E-state index contributed by atoms with van der Waals surface area (Å²) in [5.74, 6) is -1.03. The van der Waals surface area contributed by atoms with E-state index in [4.69, 9.17) is 10.5 Å². The maximum absolute atomic E-state index is 13.2. The summed E-state index contributed by atoms with van der Waals surface area (Å²) >= 11 is 0. The largest absolute Gasteiger partial charge is 0.503 e. The van der Waals surface area contributed by atoms with Crippen LogP contribution in [0.4, 0.5) is 0 Å². The monoisotopic (exact) mass is 367 g/mol. The molecule has 0 spiro atoms. The molecule has 1 aromatic carbocycles. The van der Waals surface area contributed by atoms with Gasteiger partial charge in [-0.3, -0.25) is 9.59 Å². The smallest absolute Gasteiger partial charge is 0.277 e. The molecule has 1 aromatic heterocycles. The average Bonchev–Trinajstić information content (AvgIpc) is 2.95. The Morgan fingerprint density at radius 2 is 2.07 bits per heavy atom. The number of ether oxygens (including phenoxy) is 1. The minimum atomic E-state index is -0.863. The van der Waals surface area contributed by atoms with Crippen LogP contribution in [0.2, 0.25) is 0 Å². The van der Waals surface area contributed by atoms with Crippen molar-refractivity contribution in [3.05, 3.63) is 70.2 Å². The summed E-state index contributed by atoms with van der Waals surface area (Å²) in [4.78, 5) is 27.2. The van der Waals surface area contributed by atoms with E-state index >= 15 is 0 Å². The summed E-state index contributed by atoms with van der Waals surface area (Å²) in [6, 6.07) is 9.65. The Morgan fingerprint density at radius 1 is 1.37 bits per heavy atom. The minimum Gasteiger partial charge on any atom is -0.503 e. The first-order valence-electron chi connectivity index (χ1n) is 8.74. The normalized spacial score (nSPS) is 23.8. The van der Waals surface area contributed by atoms with E-state index in [1.165, 1.54) is 10.8 Å². The van der Waals surface area contributed by atoms with Crippen molar-refractivity contribution in [2.45, 2.75) is 31.7 Å². The molecule has 0 unspecified atom stereocenters. The van der Waals surface area contributed by atoms with E-state index in [1.807, 2.05) is 37.3 Å². The molecule has 140 valence electrons. The molecule has 0 aliphatic carbocycles. The minimum absolute atomic E-state index is 0.0361. The fourth-order valence-electron chi connectivity index (χ4n) is 4.00. The summed E-state index contributed by atoms with van der Waals surface area (Å²) in [5.41, 5.74) is 5.28. The molecule has 2 aliphatic heterocycles. The Balaban J connectivity index is 1.77. The first-order chi connectivity index (χ1) is 12.8. The Labute approximate surface area is 156 Å². The zero-order valence-corrected chi connectivity index (χ0v) is 15.0. The van der Waals surface area contributed by atoms with Crippen LogP contribution in [0.1, 0.15) is 28.5 Å². The third kappa shape index (κ3) is 2.62. The number of fused-ring (bicyclic) bond motifs is 2. The second kappa shape index (κ2) is 5.99. The van der Waals surface area contributed by atoms with E-state index in [0.717, 1.165) is 5.56 Å². The number of nitrogens with zero attached hydrogens (tertiary/aromatic N) is 2. The van der Waals surface area contributed by atoms with Crippen molar-refractivity contribution in [2.75, 3.05) is 6.61 Å². The molecule has 2 aliphatic rings. The second-order valence-electron chi connectivity index (χ2n) is 7.23. The van der Waals surface area contributed by atoms with Crippen molar-refractivity contribution in [1.29, 1.82) is 0 Å². The number of hydrogen-bond acceptors (Lipinski definition) is 5. The molecule has 1 fully saturated rings. The second-order valence-corrected chi connectivity index (χ2v) is 7.23. The van der Waals surface area contributed by atoms with Gasteiger partial charge in [0.15, 0.2) is 17.2 Å². The number of nitrogens with two attached hydrogens (primary N) is 1. The van der Waals surface area contributed by atoms with Crippen molar-refractivity contribution in [3.63, 3.8) is 0 Å². The molecule has 2 atom stereocenters. The molecular weight excluding hydrogens is 346 g/mol. The van der Waals surface area contributed by atoms with Gasteiger partial charge in [-0.1, -0.05) is 36.9 Å². The van der Waals surface area contributed by atoms with Crippen LogP contribution in [0.25, 0.3) is 5.70 Å². The molecule has 0 radical (unpaired) electrons. The van der Waals surface area contributed by atoms with E-state index < -0.39 is 22.8 Å². The Morgan fingerprint density at radius 3 is 2.74 bits per heavy atom. The van der Waals surface area contributed by atoms with Crippen LogP contribution < -0.4 is 11.2 Å². The van der Waals surface area contributed by atoms with Gasteiger partial charge in [0.1, 0.15) is 0 Å². The number of pyridine rings is 1. The maximum atomic E-state index is 13.2. The van der Waals surface area contributed by atoms with E-state index in [9.17, 15) is 14.7 Å². The highest BCUT2D eigenvalue weighted by Crippen LogP contribution is 2.38.